The summed E-state index contributed by atoms with van der Waals surface area (Å²) in [5.74, 6) is 0. The van der Waals surface area contributed by atoms with Crippen LogP contribution in [0, 0.1) is 6.92 Å². The highest BCUT2D eigenvalue weighted by atomic mass is 32.1. The average Bonchev–Trinajstić information content (AvgIpc) is 2.61. The third kappa shape index (κ3) is 2.25. The van der Waals surface area contributed by atoms with Gasteiger partial charge in [-0.05, 0) is 51.4 Å². The van der Waals surface area contributed by atoms with Crippen molar-refractivity contribution >= 4 is 11.3 Å². The van der Waals surface area contributed by atoms with Gasteiger partial charge in [0.1, 0.15) is 6.10 Å². The molecular weight excluding hydrogens is 206 g/mol. The first-order valence-electron chi connectivity index (χ1n) is 5.33. The van der Waals surface area contributed by atoms with Crippen LogP contribution in [0.5, 0.6) is 0 Å². The van der Waals surface area contributed by atoms with E-state index in [0.29, 0.717) is 0 Å². The van der Waals surface area contributed by atoms with Gasteiger partial charge in [-0.3, -0.25) is 0 Å². The topological polar surface area (TPSA) is 23.5 Å². The number of nitrogens with zero attached hydrogens (tertiary/aromatic N) is 1. The molecule has 1 heterocycles. The maximum absolute atomic E-state index is 10.4. The van der Waals surface area contributed by atoms with Crippen LogP contribution in [0.2, 0.25) is 0 Å². The molecule has 1 aromatic rings. The summed E-state index contributed by atoms with van der Waals surface area (Å²) in [6.45, 7) is 6.28. The molecule has 2 unspecified atom stereocenters. The zero-order valence-corrected chi connectivity index (χ0v) is 11.1. The second-order valence-corrected chi connectivity index (χ2v) is 5.42. The fourth-order valence-corrected chi connectivity index (χ4v) is 2.76. The minimum absolute atomic E-state index is 0.185. The molecule has 0 spiro atoms. The van der Waals surface area contributed by atoms with Gasteiger partial charge >= 0.3 is 0 Å². The summed E-state index contributed by atoms with van der Waals surface area (Å²) in [7, 11) is 4.05. The summed E-state index contributed by atoms with van der Waals surface area (Å²) >= 11 is 1.64. The average molecular weight is 227 g/mol. The normalized spacial score (nSPS) is 17.8. The highest BCUT2D eigenvalue weighted by molar-refractivity contribution is 7.10. The first-order valence-corrected chi connectivity index (χ1v) is 6.21. The Kier molecular flexibility index (Phi) is 3.93. The van der Waals surface area contributed by atoms with Crippen LogP contribution in [-0.4, -0.2) is 29.6 Å². The molecule has 0 fully saturated rings. The molecular formula is C12H21NOS. The summed E-state index contributed by atoms with van der Waals surface area (Å²) in [5, 5.41) is 12.5. The van der Waals surface area contributed by atoms with E-state index in [1.165, 1.54) is 5.56 Å². The van der Waals surface area contributed by atoms with Crippen molar-refractivity contribution in [1.29, 1.82) is 0 Å². The van der Waals surface area contributed by atoms with Gasteiger partial charge in [-0.25, -0.2) is 0 Å². The molecule has 15 heavy (non-hydrogen) atoms. The summed E-state index contributed by atoms with van der Waals surface area (Å²) < 4.78 is 0. The molecule has 0 aromatic carbocycles. The van der Waals surface area contributed by atoms with Crippen LogP contribution in [0.4, 0.5) is 0 Å². The van der Waals surface area contributed by atoms with E-state index in [4.69, 9.17) is 0 Å². The molecule has 2 nitrogen and oxygen atoms in total. The second-order valence-electron chi connectivity index (χ2n) is 4.48. The van der Waals surface area contributed by atoms with Gasteiger partial charge < -0.3 is 10.0 Å². The van der Waals surface area contributed by atoms with Crippen LogP contribution >= 0.6 is 11.3 Å². The molecule has 0 saturated heterocycles. The van der Waals surface area contributed by atoms with Gasteiger partial charge in [-0.1, -0.05) is 6.92 Å². The molecule has 0 aliphatic rings. The Hall–Kier alpha value is -0.380. The van der Waals surface area contributed by atoms with E-state index in [9.17, 15) is 5.11 Å². The molecule has 1 rings (SSSR count). The predicted octanol–water partition coefficient (Wildman–Crippen LogP) is 2.82. The molecule has 0 saturated carbocycles. The number of hydrogen-bond donors (Lipinski definition) is 1. The van der Waals surface area contributed by atoms with Crippen LogP contribution in [-0.2, 0) is 0 Å². The van der Waals surface area contributed by atoms with Gasteiger partial charge in [0.2, 0.25) is 0 Å². The van der Waals surface area contributed by atoms with Crippen molar-refractivity contribution < 1.29 is 5.11 Å². The fourth-order valence-electron chi connectivity index (χ4n) is 1.70. The lowest BCUT2D eigenvalue weighted by Gasteiger charge is -2.39. The Morgan fingerprint density at radius 1 is 1.53 bits per heavy atom. The monoisotopic (exact) mass is 227 g/mol. The van der Waals surface area contributed by atoms with E-state index in [2.05, 4.69) is 31.7 Å². The van der Waals surface area contributed by atoms with E-state index < -0.39 is 6.10 Å². The van der Waals surface area contributed by atoms with Gasteiger partial charge in [0, 0.05) is 10.4 Å². The highest BCUT2D eigenvalue weighted by Crippen LogP contribution is 2.36. The van der Waals surface area contributed by atoms with Gasteiger partial charge in [-0.15, -0.1) is 11.3 Å². The summed E-state index contributed by atoms with van der Waals surface area (Å²) in [6, 6.07) is 2.06. The van der Waals surface area contributed by atoms with Gasteiger partial charge in [-0.2, -0.15) is 0 Å². The fraction of sp³-hybridized carbons (Fsp3) is 0.667. The lowest BCUT2D eigenvalue weighted by Crippen LogP contribution is -2.46. The largest absolute Gasteiger partial charge is 0.386 e. The minimum atomic E-state index is -0.405. The zero-order valence-electron chi connectivity index (χ0n) is 10.2. The molecule has 0 radical (unpaired) electrons. The molecule has 1 aromatic heterocycles. The Morgan fingerprint density at radius 2 is 2.13 bits per heavy atom. The number of likely N-dealkylation sites (N-methyl/N-ethyl adjacent to an activating group) is 1. The van der Waals surface area contributed by atoms with E-state index >= 15 is 0 Å². The Morgan fingerprint density at radius 3 is 2.47 bits per heavy atom. The molecule has 2 atom stereocenters. The number of aliphatic hydroxyl groups excluding tert-OH is 1. The number of thiophene rings is 1. The third-order valence-corrected chi connectivity index (χ3v) is 4.55. The van der Waals surface area contributed by atoms with Crippen molar-refractivity contribution in [2.75, 3.05) is 14.1 Å². The molecule has 0 bridgehead atoms. The maximum Gasteiger partial charge on any atom is 0.106 e. The standard InChI is InChI=1S/C12H21NOS/c1-6-12(3,13(4)5)11(14)10-9(2)7-8-15-10/h7-8,11,14H,6H2,1-5H3. The first kappa shape index (κ1) is 12.7. The van der Waals surface area contributed by atoms with E-state index in [1.807, 2.05) is 19.5 Å². The van der Waals surface area contributed by atoms with Crippen molar-refractivity contribution in [2.24, 2.45) is 0 Å². The lowest BCUT2D eigenvalue weighted by molar-refractivity contribution is 0.00276. The van der Waals surface area contributed by atoms with Gasteiger partial charge in [0.05, 0.1) is 0 Å². The maximum atomic E-state index is 10.4. The Bertz CT molecular complexity index is 321. The van der Waals surface area contributed by atoms with Gasteiger partial charge in [0.25, 0.3) is 0 Å². The SMILES string of the molecule is CCC(C)(C(O)c1sccc1C)N(C)C. The molecule has 0 amide bonds. The van der Waals surface area contributed by atoms with Crippen molar-refractivity contribution in [3.63, 3.8) is 0 Å². The molecule has 1 N–H and O–H groups in total. The summed E-state index contributed by atoms with van der Waals surface area (Å²) in [4.78, 5) is 3.20. The first-order chi connectivity index (χ1) is 6.93. The minimum Gasteiger partial charge on any atom is -0.386 e. The molecule has 0 aliphatic heterocycles. The number of hydrogen-bond acceptors (Lipinski definition) is 3. The summed E-state index contributed by atoms with van der Waals surface area (Å²) in [5.41, 5.74) is 1.00. The summed E-state index contributed by atoms with van der Waals surface area (Å²) in [6.07, 6.45) is 0.524. The van der Waals surface area contributed by atoms with Crippen LogP contribution in [0.25, 0.3) is 0 Å². The van der Waals surface area contributed by atoms with Crippen LogP contribution in [0.15, 0.2) is 11.4 Å². The zero-order chi connectivity index (χ0) is 11.6. The lowest BCUT2D eigenvalue weighted by atomic mass is 9.88. The number of rotatable bonds is 4. The Balaban J connectivity index is 3.02. The van der Waals surface area contributed by atoms with Crippen LogP contribution < -0.4 is 0 Å². The van der Waals surface area contributed by atoms with Gasteiger partial charge in [0.15, 0.2) is 0 Å². The highest BCUT2D eigenvalue weighted by Gasteiger charge is 2.35. The smallest absolute Gasteiger partial charge is 0.106 e. The predicted molar refractivity (Wildman–Crippen MR) is 66.4 cm³/mol. The third-order valence-electron chi connectivity index (χ3n) is 3.48. The molecule has 3 heteroatoms. The number of aryl methyl sites for hydroxylation is 1. The van der Waals surface area contributed by atoms with Crippen molar-refractivity contribution in [2.45, 2.75) is 38.8 Å². The Labute approximate surface area is 96.5 Å². The molecule has 0 aliphatic carbocycles. The second kappa shape index (κ2) is 4.64. The quantitative estimate of drug-likeness (QED) is 0.855. The molecule has 86 valence electrons. The van der Waals surface area contributed by atoms with Crippen LogP contribution in [0.3, 0.4) is 0 Å². The van der Waals surface area contributed by atoms with Crippen molar-refractivity contribution in [3.05, 3.63) is 21.9 Å². The van der Waals surface area contributed by atoms with Crippen molar-refractivity contribution in [1.82, 2.24) is 4.90 Å². The van der Waals surface area contributed by atoms with Crippen LogP contribution in [0.1, 0.15) is 36.8 Å². The van der Waals surface area contributed by atoms with E-state index in [-0.39, 0.29) is 5.54 Å². The number of aliphatic hydroxyl groups is 1. The van der Waals surface area contributed by atoms with E-state index in [0.717, 1.165) is 11.3 Å². The van der Waals surface area contributed by atoms with E-state index in [1.54, 1.807) is 11.3 Å². The van der Waals surface area contributed by atoms with Crippen molar-refractivity contribution in [3.8, 4) is 0 Å².